The Kier molecular flexibility index (Phi) is 6.25. The van der Waals surface area contributed by atoms with Gasteiger partial charge in [-0.05, 0) is 47.2 Å². The van der Waals surface area contributed by atoms with Crippen molar-refractivity contribution in [3.05, 3.63) is 0 Å². The Morgan fingerprint density at radius 1 is 1.47 bits per heavy atom. The second-order valence-electron chi connectivity index (χ2n) is 6.27. The molecule has 1 saturated heterocycles. The van der Waals surface area contributed by atoms with Crippen LogP contribution in [0.5, 0.6) is 0 Å². The van der Waals surface area contributed by atoms with E-state index in [1.165, 1.54) is 0 Å². The molecule has 0 amide bonds. The monoisotopic (exact) mass is 266 g/mol. The van der Waals surface area contributed by atoms with Crippen molar-refractivity contribution in [1.82, 2.24) is 15.1 Å². The molecule has 0 radical (unpaired) electrons. The molecule has 0 aromatic rings. The minimum atomic E-state index is -0.404. The Balaban J connectivity index is 2.57. The second kappa shape index (κ2) is 7.23. The van der Waals surface area contributed by atoms with Crippen LogP contribution in [0, 0.1) is 11.3 Å². The first kappa shape index (κ1) is 16.4. The highest BCUT2D eigenvalue weighted by Gasteiger charge is 2.31. The van der Waals surface area contributed by atoms with Crippen molar-refractivity contribution in [2.45, 2.75) is 58.2 Å². The standard InChI is InChI=1S/C15H30N4/c1-6-7-17-15(4,12-16)10-13(2)19-9-8-18(5)11-14(19)3/h13-14,17H,6-11H2,1-5H3. The lowest BCUT2D eigenvalue weighted by atomic mass is 9.93. The number of nitriles is 1. The van der Waals surface area contributed by atoms with Crippen LogP contribution in [0.3, 0.4) is 0 Å². The summed E-state index contributed by atoms with van der Waals surface area (Å²) in [6.45, 7) is 13.0. The number of hydrogen-bond acceptors (Lipinski definition) is 4. The average Bonchev–Trinajstić information content (AvgIpc) is 2.36. The summed E-state index contributed by atoms with van der Waals surface area (Å²) in [6.07, 6.45) is 1.95. The molecule has 110 valence electrons. The zero-order valence-electron chi connectivity index (χ0n) is 13.2. The van der Waals surface area contributed by atoms with Crippen LogP contribution in [0.2, 0.25) is 0 Å². The molecule has 3 atom stereocenters. The summed E-state index contributed by atoms with van der Waals surface area (Å²) >= 11 is 0. The largest absolute Gasteiger partial charge is 0.304 e. The van der Waals surface area contributed by atoms with Crippen molar-refractivity contribution < 1.29 is 0 Å². The average molecular weight is 266 g/mol. The molecule has 1 fully saturated rings. The number of nitrogens with one attached hydrogen (secondary N) is 1. The van der Waals surface area contributed by atoms with Crippen molar-refractivity contribution in [1.29, 1.82) is 5.26 Å². The van der Waals surface area contributed by atoms with E-state index >= 15 is 0 Å². The summed E-state index contributed by atoms with van der Waals surface area (Å²) in [7, 11) is 2.18. The SMILES string of the molecule is CCCNC(C)(C#N)CC(C)N1CCN(C)CC1C. The lowest BCUT2D eigenvalue weighted by Gasteiger charge is -2.43. The zero-order valence-corrected chi connectivity index (χ0v) is 13.2. The third kappa shape index (κ3) is 4.76. The molecule has 0 spiro atoms. The summed E-state index contributed by atoms with van der Waals surface area (Å²) in [5.41, 5.74) is -0.404. The summed E-state index contributed by atoms with van der Waals surface area (Å²) < 4.78 is 0. The van der Waals surface area contributed by atoms with E-state index < -0.39 is 5.54 Å². The fraction of sp³-hybridized carbons (Fsp3) is 0.933. The van der Waals surface area contributed by atoms with Gasteiger partial charge in [0.1, 0.15) is 5.54 Å². The number of nitrogens with zero attached hydrogens (tertiary/aromatic N) is 3. The lowest BCUT2D eigenvalue weighted by molar-refractivity contribution is 0.0571. The van der Waals surface area contributed by atoms with E-state index in [1.54, 1.807) is 0 Å². The quantitative estimate of drug-likeness (QED) is 0.794. The first-order chi connectivity index (χ1) is 8.91. The molecule has 0 aromatic heterocycles. The van der Waals surface area contributed by atoms with Gasteiger partial charge in [-0.2, -0.15) is 5.26 Å². The van der Waals surface area contributed by atoms with Crippen molar-refractivity contribution in [3.63, 3.8) is 0 Å². The fourth-order valence-electron chi connectivity index (χ4n) is 3.07. The molecule has 0 saturated carbocycles. The van der Waals surface area contributed by atoms with Gasteiger partial charge < -0.3 is 4.90 Å². The van der Waals surface area contributed by atoms with Gasteiger partial charge in [-0.1, -0.05) is 6.92 Å². The van der Waals surface area contributed by atoms with Crippen molar-refractivity contribution in [3.8, 4) is 6.07 Å². The first-order valence-electron chi connectivity index (χ1n) is 7.52. The maximum absolute atomic E-state index is 9.43. The first-order valence-corrected chi connectivity index (χ1v) is 7.52. The topological polar surface area (TPSA) is 42.3 Å². The molecule has 0 aromatic carbocycles. The van der Waals surface area contributed by atoms with Crippen LogP contribution < -0.4 is 5.32 Å². The van der Waals surface area contributed by atoms with Crippen LogP contribution in [0.4, 0.5) is 0 Å². The Hall–Kier alpha value is -0.630. The van der Waals surface area contributed by atoms with Gasteiger partial charge in [0, 0.05) is 31.7 Å². The van der Waals surface area contributed by atoms with E-state index in [1.807, 2.05) is 6.92 Å². The van der Waals surface area contributed by atoms with Gasteiger partial charge in [0.15, 0.2) is 0 Å². The molecule has 3 unspecified atom stereocenters. The Morgan fingerprint density at radius 3 is 2.68 bits per heavy atom. The van der Waals surface area contributed by atoms with E-state index in [-0.39, 0.29) is 0 Å². The third-order valence-electron chi connectivity index (χ3n) is 4.16. The van der Waals surface area contributed by atoms with Crippen molar-refractivity contribution in [2.24, 2.45) is 0 Å². The van der Waals surface area contributed by atoms with Crippen molar-refractivity contribution in [2.75, 3.05) is 33.2 Å². The smallest absolute Gasteiger partial charge is 0.105 e. The molecule has 1 aliphatic rings. The van der Waals surface area contributed by atoms with Crippen molar-refractivity contribution >= 4 is 0 Å². The Labute approximate surface area is 118 Å². The predicted octanol–water partition coefficient (Wildman–Crippen LogP) is 1.68. The van der Waals surface area contributed by atoms with Gasteiger partial charge in [0.25, 0.3) is 0 Å². The van der Waals surface area contributed by atoms with Crippen LogP contribution in [-0.4, -0.2) is 60.6 Å². The number of hydrogen-bond donors (Lipinski definition) is 1. The highest BCUT2D eigenvalue weighted by Crippen LogP contribution is 2.20. The van der Waals surface area contributed by atoms with Gasteiger partial charge in [0.2, 0.25) is 0 Å². The third-order valence-corrected chi connectivity index (χ3v) is 4.16. The minimum Gasteiger partial charge on any atom is -0.304 e. The molecule has 1 N–H and O–H groups in total. The zero-order chi connectivity index (χ0) is 14.5. The molecule has 0 bridgehead atoms. The molecule has 19 heavy (non-hydrogen) atoms. The normalized spacial score (nSPS) is 26.6. The fourth-order valence-corrected chi connectivity index (χ4v) is 3.07. The van der Waals surface area contributed by atoms with Gasteiger partial charge in [-0.15, -0.1) is 0 Å². The Bertz CT molecular complexity index is 312. The highest BCUT2D eigenvalue weighted by molar-refractivity contribution is 5.05. The van der Waals surface area contributed by atoms with E-state index in [4.69, 9.17) is 0 Å². The number of piperazine rings is 1. The molecule has 4 heteroatoms. The van der Waals surface area contributed by atoms with Crippen LogP contribution in [0.1, 0.15) is 40.5 Å². The number of likely N-dealkylation sites (N-methyl/N-ethyl adjacent to an activating group) is 1. The predicted molar refractivity (Wildman–Crippen MR) is 80.1 cm³/mol. The van der Waals surface area contributed by atoms with Gasteiger partial charge in [0.05, 0.1) is 6.07 Å². The summed E-state index contributed by atoms with van der Waals surface area (Å²) in [4.78, 5) is 4.93. The van der Waals surface area contributed by atoms with Crippen LogP contribution in [0.25, 0.3) is 0 Å². The van der Waals surface area contributed by atoms with Crippen LogP contribution in [-0.2, 0) is 0 Å². The molecular weight excluding hydrogens is 236 g/mol. The van der Waals surface area contributed by atoms with E-state index in [9.17, 15) is 5.26 Å². The van der Waals surface area contributed by atoms with Crippen LogP contribution >= 0.6 is 0 Å². The maximum atomic E-state index is 9.43. The molecule has 1 rings (SSSR count). The second-order valence-corrected chi connectivity index (χ2v) is 6.27. The summed E-state index contributed by atoms with van der Waals surface area (Å²) in [5.74, 6) is 0. The highest BCUT2D eigenvalue weighted by atomic mass is 15.3. The molecule has 1 aliphatic heterocycles. The minimum absolute atomic E-state index is 0.404. The molecule has 0 aliphatic carbocycles. The summed E-state index contributed by atoms with van der Waals surface area (Å²) in [6, 6.07) is 3.47. The van der Waals surface area contributed by atoms with Gasteiger partial charge >= 0.3 is 0 Å². The Morgan fingerprint density at radius 2 is 2.16 bits per heavy atom. The summed E-state index contributed by atoms with van der Waals surface area (Å²) in [5, 5.41) is 12.8. The molecular formula is C15H30N4. The van der Waals surface area contributed by atoms with E-state index in [0.29, 0.717) is 12.1 Å². The van der Waals surface area contributed by atoms with Gasteiger partial charge in [-0.3, -0.25) is 10.2 Å². The van der Waals surface area contributed by atoms with Gasteiger partial charge in [-0.25, -0.2) is 0 Å². The number of rotatable bonds is 6. The maximum Gasteiger partial charge on any atom is 0.105 e. The lowest BCUT2D eigenvalue weighted by Crippen LogP contribution is -2.56. The van der Waals surface area contributed by atoms with Crippen LogP contribution in [0.15, 0.2) is 0 Å². The van der Waals surface area contributed by atoms with E-state index in [2.05, 4.69) is 49.0 Å². The van der Waals surface area contributed by atoms with E-state index in [0.717, 1.165) is 39.0 Å². The molecule has 4 nitrogen and oxygen atoms in total. The molecule has 1 heterocycles.